The maximum atomic E-state index is 2.55. The van der Waals surface area contributed by atoms with Crippen molar-refractivity contribution in [3.05, 3.63) is 158 Å². The fourth-order valence-electron chi connectivity index (χ4n) is 8.52. The standard InChI is InChI=1S/C42H26BN3/c1-3-12-27(13-4-1)44(28-14-5-2-6-15-28)29-22-24-34-39(26-29)46-37-21-10-8-17-31(37)33-23-25-38-40(42(33)46)43(34)35-19-11-18-32-30-16-7-9-20-36(30)45(38)41(32)35/h1-26H. The van der Waals surface area contributed by atoms with E-state index in [9.17, 15) is 0 Å². The molecular formula is C42H26BN3. The van der Waals surface area contributed by atoms with Gasteiger partial charge in [0.2, 0.25) is 0 Å². The first-order valence-corrected chi connectivity index (χ1v) is 16.0. The number of anilines is 3. The zero-order valence-electron chi connectivity index (χ0n) is 24.9. The Balaban J connectivity index is 1.29. The average molecular weight is 584 g/mol. The summed E-state index contributed by atoms with van der Waals surface area (Å²) in [5.41, 5.74) is 15.2. The first-order valence-electron chi connectivity index (χ1n) is 16.0. The minimum Gasteiger partial charge on any atom is -0.310 e. The van der Waals surface area contributed by atoms with Gasteiger partial charge in [-0.1, -0.05) is 103 Å². The first kappa shape index (κ1) is 24.3. The van der Waals surface area contributed by atoms with Gasteiger partial charge in [-0.3, -0.25) is 0 Å². The summed E-state index contributed by atoms with van der Waals surface area (Å²) in [5, 5.41) is 5.23. The molecule has 0 spiro atoms. The zero-order valence-corrected chi connectivity index (χ0v) is 24.9. The molecular weight excluding hydrogens is 557 g/mol. The van der Waals surface area contributed by atoms with Crippen molar-refractivity contribution in [2.45, 2.75) is 0 Å². The van der Waals surface area contributed by atoms with Gasteiger partial charge in [0.15, 0.2) is 0 Å². The Labute approximate surface area is 266 Å². The molecule has 0 amide bonds. The quantitative estimate of drug-likeness (QED) is 0.190. The van der Waals surface area contributed by atoms with Gasteiger partial charge in [0.25, 0.3) is 6.71 Å². The van der Waals surface area contributed by atoms with Crippen molar-refractivity contribution in [3.63, 3.8) is 0 Å². The molecule has 9 aromatic rings. The van der Waals surface area contributed by atoms with E-state index in [0.717, 1.165) is 17.1 Å². The van der Waals surface area contributed by atoms with Gasteiger partial charge in [-0.25, -0.2) is 0 Å². The Kier molecular flexibility index (Phi) is 4.66. The molecule has 4 heterocycles. The molecule has 2 aliphatic heterocycles. The molecule has 3 nitrogen and oxygen atoms in total. The highest BCUT2D eigenvalue weighted by atomic mass is 15.1. The Morgan fingerprint density at radius 3 is 1.67 bits per heavy atom. The molecule has 11 rings (SSSR count). The van der Waals surface area contributed by atoms with Crippen molar-refractivity contribution in [1.82, 2.24) is 9.13 Å². The van der Waals surface area contributed by atoms with Crippen LogP contribution in [0.4, 0.5) is 17.1 Å². The maximum Gasteiger partial charge on any atom is 0.252 e. The van der Waals surface area contributed by atoms with Gasteiger partial charge in [-0.15, -0.1) is 0 Å². The van der Waals surface area contributed by atoms with Crippen LogP contribution in [0.3, 0.4) is 0 Å². The Bertz CT molecular complexity index is 2660. The summed E-state index contributed by atoms with van der Waals surface area (Å²) in [6.45, 7) is 0.127. The molecule has 0 bridgehead atoms. The molecule has 46 heavy (non-hydrogen) atoms. The number of fused-ring (bicyclic) bond motifs is 11. The van der Waals surface area contributed by atoms with Crippen molar-refractivity contribution < 1.29 is 0 Å². The zero-order chi connectivity index (χ0) is 29.9. The first-order chi connectivity index (χ1) is 22.9. The van der Waals surface area contributed by atoms with Gasteiger partial charge in [0, 0.05) is 55.5 Å². The van der Waals surface area contributed by atoms with Gasteiger partial charge in [0.05, 0.1) is 16.6 Å². The molecule has 2 aliphatic rings. The number of aromatic nitrogens is 2. The van der Waals surface area contributed by atoms with Crippen LogP contribution in [-0.4, -0.2) is 15.8 Å². The van der Waals surface area contributed by atoms with Crippen LogP contribution in [0.15, 0.2) is 158 Å². The molecule has 0 N–H and O–H groups in total. The number of rotatable bonds is 3. The van der Waals surface area contributed by atoms with Crippen molar-refractivity contribution in [2.75, 3.05) is 4.90 Å². The highest BCUT2D eigenvalue weighted by Gasteiger charge is 2.40. The summed E-state index contributed by atoms with van der Waals surface area (Å²) in [6, 6.07) is 58.0. The van der Waals surface area contributed by atoms with Gasteiger partial charge < -0.3 is 14.0 Å². The van der Waals surface area contributed by atoms with Crippen LogP contribution in [-0.2, 0) is 0 Å². The summed E-state index contributed by atoms with van der Waals surface area (Å²) < 4.78 is 5.07. The third kappa shape index (κ3) is 2.99. The second-order valence-electron chi connectivity index (χ2n) is 12.5. The van der Waals surface area contributed by atoms with Gasteiger partial charge in [-0.2, -0.15) is 0 Å². The van der Waals surface area contributed by atoms with Gasteiger partial charge >= 0.3 is 0 Å². The molecule has 4 heteroatoms. The minimum absolute atomic E-state index is 0.127. The van der Waals surface area contributed by atoms with Gasteiger partial charge in [-0.05, 0) is 71.0 Å². The molecule has 0 fully saturated rings. The SMILES string of the molecule is c1ccc(N(c2ccccc2)c2ccc3c(c2)-n2c4ccccc4c4ccc5c(c42)B3c2cccc3c4ccccc4n-5c23)cc1. The lowest BCUT2D eigenvalue weighted by Gasteiger charge is -2.34. The van der Waals surface area contributed by atoms with Crippen LogP contribution in [0.2, 0.25) is 0 Å². The summed E-state index contributed by atoms with van der Waals surface area (Å²) in [6.07, 6.45) is 0. The lowest BCUT2D eigenvalue weighted by molar-refractivity contribution is 1.15. The summed E-state index contributed by atoms with van der Waals surface area (Å²) >= 11 is 0. The van der Waals surface area contributed by atoms with Crippen molar-refractivity contribution in [1.29, 1.82) is 0 Å². The predicted octanol–water partition coefficient (Wildman–Crippen LogP) is 8.49. The van der Waals surface area contributed by atoms with Crippen LogP contribution in [0.25, 0.3) is 55.0 Å². The van der Waals surface area contributed by atoms with E-state index in [2.05, 4.69) is 172 Å². The van der Waals surface area contributed by atoms with Crippen LogP contribution in [0, 0.1) is 0 Å². The predicted molar refractivity (Wildman–Crippen MR) is 194 cm³/mol. The number of benzene rings is 7. The third-order valence-electron chi connectivity index (χ3n) is 10.3. The third-order valence-corrected chi connectivity index (χ3v) is 10.3. The van der Waals surface area contributed by atoms with E-state index in [0.29, 0.717) is 0 Å². The summed E-state index contributed by atoms with van der Waals surface area (Å²) in [7, 11) is 0. The second-order valence-corrected chi connectivity index (χ2v) is 12.5. The molecule has 2 aromatic heterocycles. The van der Waals surface area contributed by atoms with E-state index in [-0.39, 0.29) is 6.71 Å². The fraction of sp³-hybridized carbons (Fsp3) is 0. The van der Waals surface area contributed by atoms with Crippen LogP contribution >= 0.6 is 0 Å². The molecule has 0 saturated heterocycles. The Hall–Kier alpha value is -6.00. The summed E-state index contributed by atoms with van der Waals surface area (Å²) in [4.78, 5) is 2.37. The average Bonchev–Trinajstić information content (AvgIpc) is 3.65. The number of para-hydroxylation sites is 5. The lowest BCUT2D eigenvalue weighted by Crippen LogP contribution is -2.59. The molecule has 0 saturated carbocycles. The number of nitrogens with zero attached hydrogens (tertiary/aromatic N) is 3. The second kappa shape index (κ2) is 8.80. The lowest BCUT2D eigenvalue weighted by atomic mass is 9.34. The maximum absolute atomic E-state index is 2.55. The van der Waals surface area contributed by atoms with Crippen molar-refractivity contribution >= 4 is 83.8 Å². The van der Waals surface area contributed by atoms with Crippen LogP contribution < -0.4 is 21.3 Å². The highest BCUT2D eigenvalue weighted by molar-refractivity contribution is 7.00. The fourth-order valence-corrected chi connectivity index (χ4v) is 8.52. The largest absolute Gasteiger partial charge is 0.310 e. The molecule has 7 aromatic carbocycles. The molecule has 0 radical (unpaired) electrons. The van der Waals surface area contributed by atoms with Crippen molar-refractivity contribution in [3.8, 4) is 11.4 Å². The highest BCUT2D eigenvalue weighted by Crippen LogP contribution is 2.41. The number of hydrogen-bond donors (Lipinski definition) is 0. The topological polar surface area (TPSA) is 13.1 Å². The smallest absolute Gasteiger partial charge is 0.252 e. The van der Waals surface area contributed by atoms with Gasteiger partial charge in [0.1, 0.15) is 0 Å². The van der Waals surface area contributed by atoms with E-state index >= 15 is 0 Å². The number of hydrogen-bond acceptors (Lipinski definition) is 1. The van der Waals surface area contributed by atoms with E-state index in [1.54, 1.807) is 0 Å². The molecule has 0 atom stereocenters. The van der Waals surface area contributed by atoms with Crippen molar-refractivity contribution in [2.24, 2.45) is 0 Å². The molecule has 0 unspecified atom stereocenters. The monoisotopic (exact) mass is 583 g/mol. The van der Waals surface area contributed by atoms with E-state index in [1.807, 2.05) is 0 Å². The van der Waals surface area contributed by atoms with E-state index < -0.39 is 0 Å². The Morgan fingerprint density at radius 2 is 0.978 bits per heavy atom. The Morgan fingerprint density at radius 1 is 0.391 bits per heavy atom. The minimum atomic E-state index is 0.127. The van der Waals surface area contributed by atoms with E-state index in [4.69, 9.17) is 0 Å². The van der Waals surface area contributed by atoms with Crippen LogP contribution in [0.5, 0.6) is 0 Å². The molecule has 212 valence electrons. The normalized spacial score (nSPS) is 12.7. The van der Waals surface area contributed by atoms with Crippen LogP contribution in [0.1, 0.15) is 0 Å². The van der Waals surface area contributed by atoms with E-state index in [1.165, 1.54) is 71.4 Å². The molecule has 0 aliphatic carbocycles. The summed E-state index contributed by atoms with van der Waals surface area (Å²) in [5.74, 6) is 0.